The number of amides is 2. The van der Waals surface area contributed by atoms with Gasteiger partial charge < -0.3 is 20.8 Å². The van der Waals surface area contributed by atoms with Gasteiger partial charge in [-0.3, -0.25) is 9.59 Å². The van der Waals surface area contributed by atoms with Gasteiger partial charge in [-0.05, 0) is 71.2 Å². The topological polar surface area (TPSA) is 98.7 Å². The van der Waals surface area contributed by atoms with Crippen LogP contribution in [0.25, 0.3) is 21.5 Å². The molecule has 41 heavy (non-hydrogen) atoms. The van der Waals surface area contributed by atoms with Crippen LogP contribution in [-0.2, 0) is 9.59 Å². The third-order valence-corrected chi connectivity index (χ3v) is 9.50. The van der Waals surface area contributed by atoms with Gasteiger partial charge >= 0.3 is 0 Å². The van der Waals surface area contributed by atoms with E-state index in [1.807, 2.05) is 98.8 Å². The van der Waals surface area contributed by atoms with Gasteiger partial charge in [-0.1, -0.05) is 98.8 Å². The van der Waals surface area contributed by atoms with Crippen LogP contribution in [0.1, 0.15) is 75.6 Å². The molecule has 2 saturated carbocycles. The van der Waals surface area contributed by atoms with Gasteiger partial charge in [0.1, 0.15) is 5.41 Å². The van der Waals surface area contributed by atoms with Crippen molar-refractivity contribution >= 4 is 33.4 Å². The van der Waals surface area contributed by atoms with Crippen LogP contribution < -0.4 is 10.6 Å². The summed E-state index contributed by atoms with van der Waals surface area (Å²) in [5.74, 6) is -0.810. The summed E-state index contributed by atoms with van der Waals surface area (Å²) in [7, 11) is 0. The first kappa shape index (κ1) is 27.4. The van der Waals surface area contributed by atoms with E-state index in [1.165, 1.54) is 0 Å². The van der Waals surface area contributed by atoms with Crippen molar-refractivity contribution in [1.29, 1.82) is 0 Å². The minimum absolute atomic E-state index is 0.280. The minimum atomic E-state index is -1.37. The Morgan fingerprint density at radius 3 is 1.39 bits per heavy atom. The maximum Gasteiger partial charge on any atom is 0.236 e. The fraction of sp³-hybridized carbons (Fsp3) is 0.371. The quantitative estimate of drug-likeness (QED) is 0.186. The highest BCUT2D eigenvalue weighted by molar-refractivity contribution is 6.05. The molecule has 0 radical (unpaired) electrons. The first-order valence-corrected chi connectivity index (χ1v) is 14.8. The Morgan fingerprint density at radius 1 is 0.659 bits per heavy atom. The number of aliphatic hydroxyl groups is 2. The number of hydrogen-bond acceptors (Lipinski definition) is 4. The second-order valence-electron chi connectivity index (χ2n) is 11.9. The number of hydrogen-bond donors (Lipinski definition) is 4. The Hall–Kier alpha value is -3.74. The van der Waals surface area contributed by atoms with Crippen LogP contribution in [0.5, 0.6) is 0 Å². The first-order valence-electron chi connectivity index (χ1n) is 14.8. The summed E-state index contributed by atoms with van der Waals surface area (Å²) in [4.78, 5) is 28.4. The SMILES string of the molecule is CCC(CC)(C(=O)N[C@@H](c1cccc2ccccc12)C1(O)CC1)C(=O)N[C@@H](c1cccc2ccccc12)C1(O)CC1. The third kappa shape index (κ3) is 4.79. The molecule has 0 heterocycles. The highest BCUT2D eigenvalue weighted by Gasteiger charge is 2.54. The Balaban J connectivity index is 1.34. The van der Waals surface area contributed by atoms with E-state index in [-0.39, 0.29) is 12.8 Å². The number of fused-ring (bicyclic) bond motifs is 2. The smallest absolute Gasteiger partial charge is 0.236 e. The highest BCUT2D eigenvalue weighted by Crippen LogP contribution is 2.49. The van der Waals surface area contributed by atoms with Crippen molar-refractivity contribution in [2.75, 3.05) is 0 Å². The standard InChI is InChI=1S/C35H38N2O4/c1-3-33(4-2,31(38)36-29(34(40)19-20-34)27-17-9-13-23-11-5-7-15-25(23)27)32(39)37-30(35(41)21-22-35)28-18-10-14-24-12-6-8-16-26(24)28/h5-18,29-30,40-41H,3-4,19-22H2,1-2H3,(H,36,38)(H,37,39)/t29-,30-/m0/s1. The van der Waals surface area contributed by atoms with Crippen molar-refractivity contribution in [3.8, 4) is 0 Å². The van der Waals surface area contributed by atoms with E-state index in [0.29, 0.717) is 25.7 Å². The van der Waals surface area contributed by atoms with Crippen LogP contribution in [0.4, 0.5) is 0 Å². The average Bonchev–Trinajstić information content (AvgIpc) is 3.93. The van der Waals surface area contributed by atoms with Crippen LogP contribution in [0.3, 0.4) is 0 Å². The number of nitrogens with one attached hydrogen (secondary N) is 2. The summed E-state index contributed by atoms with van der Waals surface area (Å²) in [6.07, 6.45) is 2.87. The van der Waals surface area contributed by atoms with E-state index in [1.54, 1.807) is 0 Å². The van der Waals surface area contributed by atoms with Gasteiger partial charge in [0, 0.05) is 0 Å². The summed E-state index contributed by atoms with van der Waals surface area (Å²) in [5, 5.41) is 33.0. The lowest BCUT2D eigenvalue weighted by Gasteiger charge is -2.35. The van der Waals surface area contributed by atoms with Crippen LogP contribution in [-0.4, -0.2) is 33.2 Å². The summed E-state index contributed by atoms with van der Waals surface area (Å²) >= 11 is 0. The van der Waals surface area contributed by atoms with E-state index < -0.39 is 40.5 Å². The van der Waals surface area contributed by atoms with E-state index in [2.05, 4.69) is 10.6 Å². The molecule has 4 aromatic rings. The van der Waals surface area contributed by atoms with E-state index in [4.69, 9.17) is 0 Å². The van der Waals surface area contributed by atoms with Crippen LogP contribution in [0.2, 0.25) is 0 Å². The third-order valence-electron chi connectivity index (χ3n) is 9.50. The monoisotopic (exact) mass is 550 g/mol. The molecule has 4 N–H and O–H groups in total. The second-order valence-corrected chi connectivity index (χ2v) is 11.9. The molecule has 4 aromatic carbocycles. The zero-order valence-electron chi connectivity index (χ0n) is 23.7. The molecule has 2 amide bonds. The molecule has 0 unspecified atom stereocenters. The summed E-state index contributed by atoms with van der Waals surface area (Å²) < 4.78 is 0. The van der Waals surface area contributed by atoms with Crippen LogP contribution >= 0.6 is 0 Å². The summed E-state index contributed by atoms with van der Waals surface area (Å²) in [5.41, 5.74) is -1.80. The maximum absolute atomic E-state index is 14.2. The Labute approximate surface area is 240 Å². The van der Waals surface area contributed by atoms with Crippen molar-refractivity contribution in [3.05, 3.63) is 96.1 Å². The molecular formula is C35H38N2O4. The predicted octanol–water partition coefficient (Wildman–Crippen LogP) is 5.86. The van der Waals surface area contributed by atoms with Gasteiger partial charge in [-0.2, -0.15) is 0 Å². The summed E-state index contributed by atoms with van der Waals surface area (Å²) in [6.45, 7) is 3.69. The zero-order chi connectivity index (χ0) is 28.8. The van der Waals surface area contributed by atoms with E-state index >= 15 is 0 Å². The number of rotatable bonds is 10. The predicted molar refractivity (Wildman–Crippen MR) is 161 cm³/mol. The number of benzene rings is 4. The van der Waals surface area contributed by atoms with Gasteiger partial charge in [0.05, 0.1) is 23.3 Å². The highest BCUT2D eigenvalue weighted by atomic mass is 16.3. The lowest BCUT2D eigenvalue weighted by Crippen LogP contribution is -2.54. The normalized spacial score (nSPS) is 18.4. The molecule has 2 fully saturated rings. The molecular weight excluding hydrogens is 512 g/mol. The van der Waals surface area contributed by atoms with Crippen molar-refractivity contribution in [1.82, 2.24) is 10.6 Å². The zero-order valence-corrected chi connectivity index (χ0v) is 23.7. The molecule has 2 atom stereocenters. The number of carbonyl (C=O) groups excluding carboxylic acids is 2. The largest absolute Gasteiger partial charge is 0.387 e. The molecule has 0 spiro atoms. The van der Waals surface area contributed by atoms with Gasteiger partial charge in [-0.25, -0.2) is 0 Å². The van der Waals surface area contributed by atoms with Gasteiger partial charge in [0.2, 0.25) is 11.8 Å². The van der Waals surface area contributed by atoms with E-state index in [9.17, 15) is 19.8 Å². The molecule has 0 aliphatic heterocycles. The molecule has 212 valence electrons. The van der Waals surface area contributed by atoms with Crippen molar-refractivity contribution in [2.45, 2.75) is 75.7 Å². The molecule has 2 aliphatic rings. The first-order chi connectivity index (χ1) is 19.7. The lowest BCUT2D eigenvalue weighted by atomic mass is 9.78. The molecule has 6 heteroatoms. The summed E-state index contributed by atoms with van der Waals surface area (Å²) in [6, 6.07) is 26.4. The van der Waals surface area contributed by atoms with Crippen LogP contribution in [0, 0.1) is 5.41 Å². The fourth-order valence-electron chi connectivity index (χ4n) is 6.37. The second kappa shape index (κ2) is 10.3. The molecule has 2 aliphatic carbocycles. The maximum atomic E-state index is 14.2. The Kier molecular flexibility index (Phi) is 6.87. The number of carbonyl (C=O) groups is 2. The minimum Gasteiger partial charge on any atom is -0.387 e. The van der Waals surface area contributed by atoms with Gasteiger partial charge in [0.25, 0.3) is 0 Å². The van der Waals surface area contributed by atoms with Crippen molar-refractivity contribution in [3.63, 3.8) is 0 Å². The van der Waals surface area contributed by atoms with Crippen molar-refractivity contribution < 1.29 is 19.8 Å². The lowest BCUT2D eigenvalue weighted by molar-refractivity contribution is -0.146. The van der Waals surface area contributed by atoms with Crippen molar-refractivity contribution in [2.24, 2.45) is 5.41 Å². The van der Waals surface area contributed by atoms with E-state index in [0.717, 1.165) is 32.7 Å². The molecule has 0 bridgehead atoms. The van der Waals surface area contributed by atoms with Gasteiger partial charge in [0.15, 0.2) is 0 Å². The Morgan fingerprint density at radius 2 is 1.02 bits per heavy atom. The fourth-order valence-corrected chi connectivity index (χ4v) is 6.37. The van der Waals surface area contributed by atoms with Crippen LogP contribution in [0.15, 0.2) is 84.9 Å². The molecule has 6 nitrogen and oxygen atoms in total. The molecule has 0 saturated heterocycles. The van der Waals surface area contributed by atoms with Gasteiger partial charge in [-0.15, -0.1) is 0 Å². The Bertz CT molecular complexity index is 1490. The molecule has 0 aromatic heterocycles. The molecule has 6 rings (SSSR count). The average molecular weight is 551 g/mol.